The van der Waals surface area contributed by atoms with E-state index in [-0.39, 0.29) is 66.6 Å². The fourth-order valence-corrected chi connectivity index (χ4v) is 3.64. The monoisotopic (exact) mass is 635 g/mol. The van der Waals surface area contributed by atoms with Gasteiger partial charge in [-0.25, -0.2) is 14.4 Å². The van der Waals surface area contributed by atoms with Gasteiger partial charge in [-0.2, -0.15) is 0 Å². The number of halogens is 1. The first-order chi connectivity index (χ1) is 21.8. The van der Waals surface area contributed by atoms with E-state index in [4.69, 9.17) is 15.3 Å². The Balaban J connectivity index is 0.000000372. The highest BCUT2D eigenvalue weighted by Gasteiger charge is 2.13. The number of methoxy groups -OCH3 is 2. The molecular weight excluding hydrogens is 601 g/mol. The predicted molar refractivity (Wildman–Crippen MR) is 156 cm³/mol. The van der Waals surface area contributed by atoms with E-state index in [1.807, 2.05) is 0 Å². The molecule has 45 heavy (non-hydrogen) atoms. The Morgan fingerprint density at radius 2 is 1.24 bits per heavy atom. The van der Waals surface area contributed by atoms with Gasteiger partial charge >= 0.3 is 29.2 Å². The lowest BCUT2D eigenvalue weighted by molar-refractivity contribution is -0.359. The number of phenols is 2. The molecule has 15 heteroatoms. The van der Waals surface area contributed by atoms with Gasteiger partial charge in [-0.15, -0.1) is 0 Å². The first-order valence-electron chi connectivity index (χ1n) is 13.5. The van der Waals surface area contributed by atoms with Crippen molar-refractivity contribution in [2.75, 3.05) is 27.9 Å². The van der Waals surface area contributed by atoms with Crippen LogP contribution in [0.4, 0.5) is 4.39 Å². The largest absolute Gasteiger partial charge is 0.508 e. The number of aliphatic carboxylic acids is 1. The van der Waals surface area contributed by atoms with Crippen LogP contribution in [-0.2, 0) is 41.5 Å². The van der Waals surface area contributed by atoms with Crippen molar-refractivity contribution < 1.29 is 64.3 Å². The predicted octanol–water partition coefficient (Wildman–Crippen LogP) is 1.68. The van der Waals surface area contributed by atoms with E-state index in [0.29, 0.717) is 21.9 Å². The van der Waals surface area contributed by atoms with Crippen molar-refractivity contribution in [3.63, 3.8) is 0 Å². The fraction of sp³-hybridized carbons (Fsp3) is 0.267. The highest BCUT2D eigenvalue weighted by atomic mass is 19.1. The molecule has 2 aromatic carbocycles. The van der Waals surface area contributed by atoms with Crippen LogP contribution in [-0.4, -0.2) is 66.9 Å². The summed E-state index contributed by atoms with van der Waals surface area (Å²) in [5, 5.41) is 28.4. The van der Waals surface area contributed by atoms with Crippen molar-refractivity contribution in [2.24, 2.45) is 0 Å². The lowest BCUT2D eigenvalue weighted by Gasteiger charge is -2.05. The summed E-state index contributed by atoms with van der Waals surface area (Å²) in [7, 11) is 1.60. The van der Waals surface area contributed by atoms with E-state index in [1.165, 1.54) is 50.6 Å². The van der Waals surface area contributed by atoms with Crippen molar-refractivity contribution in [1.82, 2.24) is 0 Å². The molecular formula is C30H33FNO13+. The first-order valence-corrected chi connectivity index (χ1v) is 12.8. The topological polar surface area (TPSA) is 235 Å². The zero-order valence-electron chi connectivity index (χ0n) is 25.4. The minimum absolute atomic E-state index is 0.00942. The van der Waals surface area contributed by atoms with Gasteiger partial charge in [-0.1, -0.05) is 0 Å². The second-order valence-electron chi connectivity index (χ2n) is 8.73. The van der Waals surface area contributed by atoms with Gasteiger partial charge in [0.2, 0.25) is 0 Å². The highest BCUT2D eigenvalue weighted by molar-refractivity contribution is 5.90. The van der Waals surface area contributed by atoms with E-state index >= 15 is 0 Å². The average molecular weight is 636 g/mol. The zero-order valence-corrected chi connectivity index (χ0v) is 24.4. The van der Waals surface area contributed by atoms with Crippen LogP contribution in [0.5, 0.6) is 11.5 Å². The lowest BCUT2D eigenvalue weighted by atomic mass is 10.0. The molecule has 0 fully saturated rings. The number of fused-ring (bicyclic) bond motifs is 2. The second-order valence-corrected chi connectivity index (χ2v) is 8.73. The minimum atomic E-state index is -1.03. The SMILES string of the molecule is COC(=O)CCC(=O)Cc1cc(=O)oc2cc(O)ccc12.COC(=O)C[NH3+].O=C(O)Cc1cc(=O)oc2cc(O)ccc12.[2H]CF. The Hall–Kier alpha value is -5.57. The smallest absolute Gasteiger partial charge is 0.361 e. The van der Waals surface area contributed by atoms with Crippen LogP contribution in [0.2, 0.25) is 0 Å². The number of carboxylic acids is 1. The molecule has 0 saturated heterocycles. The van der Waals surface area contributed by atoms with Gasteiger partial charge in [0.1, 0.15) is 28.4 Å². The van der Waals surface area contributed by atoms with Crippen molar-refractivity contribution in [3.05, 3.63) is 80.5 Å². The number of hydrogen-bond acceptors (Lipinski definition) is 12. The van der Waals surface area contributed by atoms with E-state index in [1.54, 1.807) is 6.07 Å². The molecule has 0 amide bonds. The molecule has 4 aromatic rings. The Morgan fingerprint density at radius 3 is 1.62 bits per heavy atom. The third-order valence-electron chi connectivity index (χ3n) is 5.62. The number of carboxylic acid groups (broad SMARTS) is 1. The van der Waals surface area contributed by atoms with Gasteiger partial charge < -0.3 is 39.4 Å². The zero-order chi connectivity index (χ0) is 34.8. The van der Waals surface area contributed by atoms with Crippen molar-refractivity contribution in [2.45, 2.75) is 25.7 Å². The van der Waals surface area contributed by atoms with E-state index in [0.717, 1.165) is 6.07 Å². The fourth-order valence-electron chi connectivity index (χ4n) is 3.64. The second kappa shape index (κ2) is 18.9. The van der Waals surface area contributed by atoms with Crippen LogP contribution in [0, 0.1) is 0 Å². The minimum Gasteiger partial charge on any atom is -0.508 e. The molecule has 0 spiro atoms. The first kappa shape index (κ1) is 35.6. The summed E-state index contributed by atoms with van der Waals surface area (Å²) >= 11 is 0. The molecule has 0 aliphatic rings. The molecule has 0 radical (unpaired) electrons. The molecule has 0 aliphatic heterocycles. The number of Topliss-reactive ketones (excluding diaryl/α,β-unsaturated/α-hetero) is 1. The number of ketones is 1. The Morgan fingerprint density at radius 1 is 0.800 bits per heavy atom. The number of rotatable bonds is 8. The third kappa shape index (κ3) is 12.7. The molecule has 4 rings (SSSR count). The van der Waals surface area contributed by atoms with Crippen LogP contribution >= 0.6 is 0 Å². The Labute approximate surface area is 255 Å². The van der Waals surface area contributed by atoms with Crippen LogP contribution in [0.15, 0.2) is 67.0 Å². The molecule has 6 N–H and O–H groups in total. The Kier molecular flexibility index (Phi) is 14.9. The molecule has 0 aliphatic carbocycles. The average Bonchev–Trinajstić information content (AvgIpc) is 2.99. The molecule has 0 atom stereocenters. The summed E-state index contributed by atoms with van der Waals surface area (Å²) in [4.78, 5) is 66.0. The van der Waals surface area contributed by atoms with E-state index in [2.05, 4.69) is 15.2 Å². The van der Waals surface area contributed by atoms with Crippen LogP contribution in [0.1, 0.15) is 25.3 Å². The highest BCUT2D eigenvalue weighted by Crippen LogP contribution is 2.23. The number of phenolic OH excluding ortho intramolecular Hbond substituents is 2. The normalized spacial score (nSPS) is 10.1. The number of carbonyl (C=O) groups excluding carboxylic acids is 3. The number of carbonyl (C=O) groups is 4. The van der Waals surface area contributed by atoms with Gasteiger partial charge in [0.05, 0.1) is 35.6 Å². The summed E-state index contributed by atoms with van der Waals surface area (Å²) in [6, 6.07) is 10.9. The maximum absolute atomic E-state index is 11.9. The summed E-state index contributed by atoms with van der Waals surface area (Å²) in [6.07, 6.45) is -0.182. The molecule has 2 heterocycles. The quantitative estimate of drug-likeness (QED) is 0.159. The summed E-state index contributed by atoms with van der Waals surface area (Å²) in [6.45, 7) is 0.219. The van der Waals surface area contributed by atoms with Gasteiger partial charge in [-0.05, 0) is 35.4 Å². The molecule has 0 unspecified atom stereocenters. The summed E-state index contributed by atoms with van der Waals surface area (Å²) in [5.74, 6) is -2.00. The molecule has 242 valence electrons. The van der Waals surface area contributed by atoms with Crippen LogP contribution in [0.3, 0.4) is 0 Å². The van der Waals surface area contributed by atoms with Gasteiger partial charge in [0, 0.05) is 47.9 Å². The number of alkyl halides is 1. The Bertz CT molecular complexity index is 1760. The van der Waals surface area contributed by atoms with Gasteiger partial charge in [0.15, 0.2) is 6.54 Å². The van der Waals surface area contributed by atoms with Crippen molar-refractivity contribution in [1.29, 1.82) is 0 Å². The number of benzene rings is 2. The van der Waals surface area contributed by atoms with Gasteiger partial charge in [-0.3, -0.25) is 18.8 Å². The van der Waals surface area contributed by atoms with Gasteiger partial charge in [0.25, 0.3) is 0 Å². The standard InChI is InChI=1S/C15H14O6.C11H8O5.C3H7NO2.CH3F/c1-20-14(18)5-3-10(16)6-9-7-15(19)21-13-8-11(17)2-4-12(9)13;12-7-1-2-8-6(3-10(13)14)4-11(15)16-9(8)5-7;1-6-3(5)2-4;1-2/h2,4,7-8,17H,3,5-6H2,1H3;1-2,4-5,12H,3H2,(H,13,14);2,4H2,1H3;1H3/p+1/i;;;1D. The lowest BCUT2D eigenvalue weighted by Crippen LogP contribution is -2.54. The number of aromatic hydroxyl groups is 2. The van der Waals surface area contributed by atoms with E-state index < -0.39 is 30.3 Å². The third-order valence-corrected chi connectivity index (χ3v) is 5.62. The van der Waals surface area contributed by atoms with Crippen molar-refractivity contribution >= 4 is 45.6 Å². The molecule has 2 aromatic heterocycles. The van der Waals surface area contributed by atoms with E-state index in [9.17, 15) is 43.4 Å². The number of esters is 2. The molecule has 0 bridgehead atoms. The number of ether oxygens (including phenoxy) is 2. The van der Waals surface area contributed by atoms with Crippen LogP contribution in [0.25, 0.3) is 21.9 Å². The van der Waals surface area contributed by atoms with Crippen molar-refractivity contribution in [3.8, 4) is 11.5 Å². The summed E-state index contributed by atoms with van der Waals surface area (Å²) in [5.41, 5.74) is 3.35. The maximum atomic E-state index is 11.9. The number of hydrogen-bond donors (Lipinski definition) is 4. The molecule has 0 saturated carbocycles. The van der Waals surface area contributed by atoms with Crippen LogP contribution < -0.4 is 17.0 Å². The molecule has 14 nitrogen and oxygen atoms in total. The summed E-state index contributed by atoms with van der Waals surface area (Å²) < 4.78 is 34.0. The maximum Gasteiger partial charge on any atom is 0.361 e. The number of quaternary nitrogens is 1.